The number of aliphatic hydroxyl groups excluding tert-OH is 1. The van der Waals surface area contributed by atoms with Crippen LogP contribution in [0.2, 0.25) is 0 Å². The van der Waals surface area contributed by atoms with Gasteiger partial charge in [0.25, 0.3) is 0 Å². The van der Waals surface area contributed by atoms with E-state index < -0.39 is 23.9 Å². The van der Waals surface area contributed by atoms with Gasteiger partial charge in [0.15, 0.2) is 0 Å². The molecular weight excluding hydrogens is 295 g/mol. The second kappa shape index (κ2) is 7.13. The summed E-state index contributed by atoms with van der Waals surface area (Å²) in [7, 11) is 0. The highest BCUT2D eigenvalue weighted by Crippen LogP contribution is 2.41. The van der Waals surface area contributed by atoms with Crippen LogP contribution in [0.3, 0.4) is 0 Å². The van der Waals surface area contributed by atoms with Crippen LogP contribution in [-0.4, -0.2) is 17.2 Å². The minimum Gasteiger partial charge on any atom is -0.392 e. The zero-order valence-electron chi connectivity index (χ0n) is 12.2. The molecule has 0 bridgehead atoms. The average molecular weight is 315 g/mol. The maximum Gasteiger partial charge on any atom is 0.392 e. The van der Waals surface area contributed by atoms with Crippen LogP contribution in [-0.2, 0) is 17.9 Å². The van der Waals surface area contributed by atoms with E-state index in [2.05, 4.69) is 5.32 Å². The number of nitrogens with one attached hydrogen (secondary N) is 1. The van der Waals surface area contributed by atoms with E-state index in [0.717, 1.165) is 5.56 Å². The number of hydrogen-bond donors (Lipinski definition) is 2. The normalized spacial score (nSPS) is 22.4. The molecule has 1 aromatic rings. The lowest BCUT2D eigenvalue weighted by molar-refractivity contribution is -0.198. The van der Waals surface area contributed by atoms with Crippen LogP contribution >= 0.6 is 0 Å². The number of hydrogen-bond acceptors (Lipinski definition) is 2. The maximum absolute atomic E-state index is 13.0. The Labute approximate surface area is 127 Å². The Morgan fingerprint density at radius 2 is 1.91 bits per heavy atom. The van der Waals surface area contributed by atoms with Crippen LogP contribution in [0, 0.1) is 11.8 Å². The quantitative estimate of drug-likeness (QED) is 0.896. The van der Waals surface area contributed by atoms with Crippen molar-refractivity contribution in [1.82, 2.24) is 5.32 Å². The third-order valence-electron chi connectivity index (χ3n) is 4.16. The van der Waals surface area contributed by atoms with Gasteiger partial charge in [-0.3, -0.25) is 4.79 Å². The Morgan fingerprint density at radius 3 is 2.59 bits per heavy atom. The number of aliphatic hydroxyl groups is 1. The summed E-state index contributed by atoms with van der Waals surface area (Å²) < 4.78 is 39.0. The molecule has 0 saturated heterocycles. The molecule has 0 unspecified atom stereocenters. The van der Waals surface area contributed by atoms with Crippen LogP contribution in [0.25, 0.3) is 0 Å². The Morgan fingerprint density at radius 1 is 1.23 bits per heavy atom. The van der Waals surface area contributed by atoms with Gasteiger partial charge in [-0.2, -0.15) is 13.2 Å². The van der Waals surface area contributed by atoms with E-state index in [0.29, 0.717) is 18.4 Å². The van der Waals surface area contributed by atoms with Crippen molar-refractivity contribution in [3.8, 4) is 0 Å². The van der Waals surface area contributed by atoms with Gasteiger partial charge in [0.05, 0.1) is 12.5 Å². The van der Waals surface area contributed by atoms with Crippen molar-refractivity contribution < 1.29 is 23.1 Å². The van der Waals surface area contributed by atoms with Gasteiger partial charge in [-0.05, 0) is 24.0 Å². The van der Waals surface area contributed by atoms with Crippen LogP contribution in [0.1, 0.15) is 36.8 Å². The number of halogens is 3. The first-order chi connectivity index (χ1) is 10.4. The third kappa shape index (κ3) is 4.22. The number of rotatable bonds is 4. The summed E-state index contributed by atoms with van der Waals surface area (Å²) in [4.78, 5) is 12.1. The summed E-state index contributed by atoms with van der Waals surface area (Å²) in [5, 5.41) is 11.7. The van der Waals surface area contributed by atoms with Gasteiger partial charge in [-0.1, -0.05) is 37.1 Å². The summed E-state index contributed by atoms with van der Waals surface area (Å²) in [6, 6.07) is 6.97. The molecule has 22 heavy (non-hydrogen) atoms. The van der Waals surface area contributed by atoms with Crippen molar-refractivity contribution in [3.63, 3.8) is 0 Å². The molecule has 1 fully saturated rings. The van der Waals surface area contributed by atoms with Crippen LogP contribution in [0.15, 0.2) is 24.3 Å². The second-order valence-electron chi connectivity index (χ2n) is 5.73. The van der Waals surface area contributed by atoms with Crippen molar-refractivity contribution in [1.29, 1.82) is 0 Å². The minimum absolute atomic E-state index is 0.0293. The van der Waals surface area contributed by atoms with Gasteiger partial charge in [0.2, 0.25) is 5.91 Å². The van der Waals surface area contributed by atoms with Crippen molar-refractivity contribution in [2.24, 2.45) is 11.8 Å². The molecule has 0 spiro atoms. The third-order valence-corrected chi connectivity index (χ3v) is 4.16. The number of benzene rings is 1. The van der Waals surface area contributed by atoms with Gasteiger partial charge in [0, 0.05) is 12.5 Å². The van der Waals surface area contributed by atoms with Crippen LogP contribution in [0.5, 0.6) is 0 Å². The smallest absolute Gasteiger partial charge is 0.392 e. The highest BCUT2D eigenvalue weighted by molar-refractivity contribution is 5.79. The highest BCUT2D eigenvalue weighted by Gasteiger charge is 2.47. The van der Waals surface area contributed by atoms with Gasteiger partial charge in [0.1, 0.15) is 0 Å². The number of amides is 1. The molecule has 2 rings (SSSR count). The summed E-state index contributed by atoms with van der Waals surface area (Å²) >= 11 is 0. The van der Waals surface area contributed by atoms with Crippen molar-refractivity contribution >= 4 is 5.91 Å². The summed E-state index contributed by atoms with van der Waals surface area (Å²) in [5.41, 5.74) is 1.47. The minimum atomic E-state index is -4.32. The molecule has 2 N–H and O–H groups in total. The molecule has 0 aromatic heterocycles. The molecule has 1 saturated carbocycles. The van der Waals surface area contributed by atoms with E-state index in [9.17, 15) is 18.0 Å². The lowest BCUT2D eigenvalue weighted by atomic mass is 9.78. The van der Waals surface area contributed by atoms with E-state index in [4.69, 9.17) is 5.11 Å². The molecule has 3 nitrogen and oxygen atoms in total. The first-order valence-electron chi connectivity index (χ1n) is 7.45. The molecule has 2 atom stereocenters. The first-order valence-corrected chi connectivity index (χ1v) is 7.45. The van der Waals surface area contributed by atoms with Gasteiger partial charge in [-0.25, -0.2) is 0 Å². The number of carbonyl (C=O) groups is 1. The SMILES string of the molecule is O=C(NCc1cccc(CO)c1)[C@H]1CCCC[C@H]1C(F)(F)F. The predicted molar refractivity (Wildman–Crippen MR) is 75.7 cm³/mol. The zero-order valence-corrected chi connectivity index (χ0v) is 12.2. The predicted octanol–water partition coefficient (Wildman–Crippen LogP) is 3.16. The monoisotopic (exact) mass is 315 g/mol. The van der Waals surface area contributed by atoms with E-state index in [-0.39, 0.29) is 26.0 Å². The molecule has 0 heterocycles. The van der Waals surface area contributed by atoms with Crippen LogP contribution in [0.4, 0.5) is 13.2 Å². The highest BCUT2D eigenvalue weighted by atomic mass is 19.4. The Balaban J connectivity index is 1.98. The van der Waals surface area contributed by atoms with Gasteiger partial charge < -0.3 is 10.4 Å². The fourth-order valence-corrected chi connectivity index (χ4v) is 2.99. The average Bonchev–Trinajstić information content (AvgIpc) is 2.52. The molecule has 1 aliphatic carbocycles. The molecule has 6 heteroatoms. The largest absolute Gasteiger partial charge is 0.392 e. The fraction of sp³-hybridized carbons (Fsp3) is 0.562. The number of carbonyl (C=O) groups excluding carboxylic acids is 1. The standard InChI is InChI=1S/C16H20F3NO2/c17-16(18,19)14-7-2-1-6-13(14)15(22)20-9-11-4-3-5-12(8-11)10-21/h3-5,8,13-14,21H,1-2,6-7,9-10H2,(H,20,22)/t13-,14+/m0/s1. The van der Waals surface area contributed by atoms with Crippen molar-refractivity contribution in [2.45, 2.75) is 45.0 Å². The first kappa shape index (κ1) is 16.8. The lowest BCUT2D eigenvalue weighted by Gasteiger charge is -2.32. The lowest BCUT2D eigenvalue weighted by Crippen LogP contribution is -2.42. The molecule has 0 aliphatic heterocycles. The fourth-order valence-electron chi connectivity index (χ4n) is 2.99. The molecule has 122 valence electrons. The zero-order chi connectivity index (χ0) is 16.2. The molecule has 1 amide bonds. The van der Waals surface area contributed by atoms with Crippen LogP contribution < -0.4 is 5.32 Å². The van der Waals surface area contributed by atoms with Gasteiger partial charge in [-0.15, -0.1) is 0 Å². The van der Waals surface area contributed by atoms with Gasteiger partial charge >= 0.3 is 6.18 Å². The molecule has 1 aromatic carbocycles. The van der Waals surface area contributed by atoms with E-state index in [1.54, 1.807) is 24.3 Å². The van der Waals surface area contributed by atoms with Crippen molar-refractivity contribution in [2.75, 3.05) is 0 Å². The molecular formula is C16H20F3NO2. The Hall–Kier alpha value is -1.56. The number of alkyl halides is 3. The van der Waals surface area contributed by atoms with Crippen molar-refractivity contribution in [3.05, 3.63) is 35.4 Å². The molecule has 0 radical (unpaired) electrons. The summed E-state index contributed by atoms with van der Waals surface area (Å²) in [6.45, 7) is 0.0638. The molecule has 1 aliphatic rings. The van der Waals surface area contributed by atoms with E-state index in [1.165, 1.54) is 0 Å². The topological polar surface area (TPSA) is 49.3 Å². The Bertz CT molecular complexity index is 516. The van der Waals surface area contributed by atoms with E-state index in [1.807, 2.05) is 0 Å². The van der Waals surface area contributed by atoms with E-state index >= 15 is 0 Å². The summed E-state index contributed by atoms with van der Waals surface area (Å²) in [6.07, 6.45) is -2.83. The summed E-state index contributed by atoms with van der Waals surface area (Å²) in [5.74, 6) is -3.06. The second-order valence-corrected chi connectivity index (χ2v) is 5.73. The Kier molecular flexibility index (Phi) is 5.45. The maximum atomic E-state index is 13.0.